The second-order valence-corrected chi connectivity index (χ2v) is 6.65. The Kier molecular flexibility index (Phi) is 3.77. The first-order chi connectivity index (χ1) is 12.6. The lowest BCUT2D eigenvalue weighted by atomic mass is 9.83. The molecule has 2 aromatic carbocycles. The lowest BCUT2D eigenvalue weighted by molar-refractivity contribution is 0.869. The van der Waals surface area contributed by atoms with E-state index in [1.807, 2.05) is 24.3 Å². The molecule has 0 aliphatic carbocycles. The normalized spacial score (nSPS) is 18.0. The van der Waals surface area contributed by atoms with Crippen LogP contribution < -0.4 is 16.0 Å². The largest absolute Gasteiger partial charge is 0.384 e. The highest BCUT2D eigenvalue weighted by Crippen LogP contribution is 2.49. The summed E-state index contributed by atoms with van der Waals surface area (Å²) >= 11 is 12.7. The van der Waals surface area contributed by atoms with Crippen LogP contribution in [0.25, 0.3) is 0 Å². The summed E-state index contributed by atoms with van der Waals surface area (Å²) in [4.78, 5) is 1.69. The molecule has 1 atom stereocenters. The molecule has 2 aliphatic heterocycles. The Morgan fingerprint density at radius 2 is 1.62 bits per heavy atom. The summed E-state index contributed by atoms with van der Waals surface area (Å²) < 4.78 is 0. The summed E-state index contributed by atoms with van der Waals surface area (Å²) in [5, 5.41) is 23.7. The molecule has 7 heteroatoms. The van der Waals surface area contributed by atoms with E-state index < -0.39 is 5.92 Å². The molecule has 0 aromatic heterocycles. The Balaban J connectivity index is 2.03. The van der Waals surface area contributed by atoms with Crippen molar-refractivity contribution in [3.63, 3.8) is 0 Å². The molecular formula is C19H11Cl2N5. The number of nitriles is 2. The van der Waals surface area contributed by atoms with E-state index in [0.29, 0.717) is 27.0 Å². The minimum absolute atomic E-state index is 0.235. The second-order valence-electron chi connectivity index (χ2n) is 5.83. The summed E-state index contributed by atoms with van der Waals surface area (Å²) in [6, 6.07) is 16.9. The van der Waals surface area contributed by atoms with Crippen molar-refractivity contribution in [2.75, 3.05) is 10.2 Å². The third-order valence-corrected chi connectivity index (χ3v) is 5.16. The van der Waals surface area contributed by atoms with Gasteiger partial charge < -0.3 is 11.1 Å². The minimum Gasteiger partial charge on any atom is -0.384 e. The predicted molar refractivity (Wildman–Crippen MR) is 101 cm³/mol. The maximum absolute atomic E-state index is 9.90. The maximum Gasteiger partial charge on any atom is 0.131 e. The Bertz CT molecular complexity index is 1070. The van der Waals surface area contributed by atoms with E-state index in [1.165, 1.54) is 0 Å². The lowest BCUT2D eigenvalue weighted by Gasteiger charge is -2.32. The molecule has 5 nitrogen and oxygen atoms in total. The monoisotopic (exact) mass is 379 g/mol. The van der Waals surface area contributed by atoms with Gasteiger partial charge in [-0.15, -0.1) is 0 Å². The average Bonchev–Trinajstić information content (AvgIpc) is 3.01. The zero-order valence-electron chi connectivity index (χ0n) is 13.3. The number of halogens is 2. The van der Waals surface area contributed by atoms with Gasteiger partial charge in [0, 0.05) is 15.6 Å². The Labute approximate surface area is 160 Å². The summed E-state index contributed by atoms with van der Waals surface area (Å²) in [6.07, 6.45) is 0. The van der Waals surface area contributed by atoms with Crippen LogP contribution in [0.15, 0.2) is 65.3 Å². The number of rotatable bonds is 1. The molecule has 3 N–H and O–H groups in total. The summed E-state index contributed by atoms with van der Waals surface area (Å²) in [6.45, 7) is 0. The average molecular weight is 380 g/mol. The van der Waals surface area contributed by atoms with Gasteiger partial charge in [0.25, 0.3) is 0 Å². The van der Waals surface area contributed by atoms with Crippen molar-refractivity contribution in [2.45, 2.75) is 5.92 Å². The highest BCUT2D eigenvalue weighted by Gasteiger charge is 2.41. The van der Waals surface area contributed by atoms with Crippen molar-refractivity contribution in [1.82, 2.24) is 0 Å². The van der Waals surface area contributed by atoms with Crippen molar-refractivity contribution in [3.8, 4) is 12.1 Å². The number of fused-ring (bicyclic) bond motifs is 3. The van der Waals surface area contributed by atoms with Crippen molar-refractivity contribution in [3.05, 3.63) is 80.9 Å². The smallest absolute Gasteiger partial charge is 0.131 e. The van der Waals surface area contributed by atoms with E-state index in [2.05, 4.69) is 17.5 Å². The second kappa shape index (κ2) is 6.00. The van der Waals surface area contributed by atoms with E-state index in [0.717, 1.165) is 11.4 Å². The Morgan fingerprint density at radius 3 is 2.27 bits per heavy atom. The molecule has 0 bridgehead atoms. The van der Waals surface area contributed by atoms with Gasteiger partial charge >= 0.3 is 0 Å². The number of allylic oxidation sites excluding steroid dienone is 2. The fraction of sp³-hybridized carbons (Fsp3) is 0.0526. The van der Waals surface area contributed by atoms with Gasteiger partial charge in [-0.1, -0.05) is 41.4 Å². The summed E-state index contributed by atoms with van der Waals surface area (Å²) in [5.41, 5.74) is 9.00. The van der Waals surface area contributed by atoms with Gasteiger partial charge in [-0.05, 0) is 24.3 Å². The van der Waals surface area contributed by atoms with Gasteiger partial charge in [-0.3, -0.25) is 4.90 Å². The van der Waals surface area contributed by atoms with Crippen LogP contribution in [0.3, 0.4) is 0 Å². The molecule has 2 aromatic rings. The third-order valence-electron chi connectivity index (χ3n) is 4.50. The van der Waals surface area contributed by atoms with Crippen LogP contribution >= 0.6 is 23.2 Å². The number of nitrogens with two attached hydrogens (primary N) is 1. The first-order valence-corrected chi connectivity index (χ1v) is 8.48. The van der Waals surface area contributed by atoms with E-state index in [-0.39, 0.29) is 11.4 Å². The van der Waals surface area contributed by atoms with Gasteiger partial charge in [0.2, 0.25) is 0 Å². The highest BCUT2D eigenvalue weighted by molar-refractivity contribution is 6.36. The molecular weight excluding hydrogens is 369 g/mol. The molecule has 26 heavy (non-hydrogen) atoms. The first-order valence-electron chi connectivity index (χ1n) is 7.72. The van der Waals surface area contributed by atoms with E-state index in [9.17, 15) is 10.5 Å². The number of hydrogen-bond acceptors (Lipinski definition) is 5. The molecule has 0 spiro atoms. The molecule has 0 amide bonds. The molecule has 2 heterocycles. The zero-order chi connectivity index (χ0) is 18.4. The SMILES string of the molecule is N#CC1=C(N)N2C(=C(C#N)[C@@H]1c1c(Cl)cccc1Cl)Nc1ccccc12. The number of anilines is 2. The molecule has 0 saturated carbocycles. The van der Waals surface area contributed by atoms with Gasteiger partial charge in [-0.25, -0.2) is 0 Å². The van der Waals surface area contributed by atoms with Crippen LogP contribution in [-0.4, -0.2) is 0 Å². The van der Waals surface area contributed by atoms with Crippen LogP contribution in [0.2, 0.25) is 10.0 Å². The zero-order valence-corrected chi connectivity index (χ0v) is 14.8. The molecule has 2 aliphatic rings. The van der Waals surface area contributed by atoms with Crippen molar-refractivity contribution in [2.24, 2.45) is 5.73 Å². The van der Waals surface area contributed by atoms with E-state index in [4.69, 9.17) is 28.9 Å². The standard InChI is InChI=1S/C19H11Cl2N5/c20-12-4-3-5-13(21)17(12)16-10(8-22)18(24)26-15-7-2-1-6-14(15)25-19(26)11(16)9-23/h1-7,16,25H,24H2/t16-/m1/s1. The lowest BCUT2D eigenvalue weighted by Crippen LogP contribution is -2.34. The fourth-order valence-electron chi connectivity index (χ4n) is 3.38. The van der Waals surface area contributed by atoms with Gasteiger partial charge in [-0.2, -0.15) is 10.5 Å². The quantitative estimate of drug-likeness (QED) is 0.763. The van der Waals surface area contributed by atoms with Gasteiger partial charge in [0.15, 0.2) is 0 Å². The van der Waals surface area contributed by atoms with Gasteiger partial charge in [0.1, 0.15) is 11.6 Å². The summed E-state index contributed by atoms with van der Waals surface area (Å²) in [5.74, 6) is 0.0328. The molecule has 0 unspecified atom stereocenters. The van der Waals surface area contributed by atoms with Crippen molar-refractivity contribution >= 4 is 34.6 Å². The third kappa shape index (κ3) is 2.16. The van der Waals surface area contributed by atoms with E-state index in [1.54, 1.807) is 23.1 Å². The molecule has 126 valence electrons. The minimum atomic E-state index is -0.737. The Hall–Kier alpha value is -3.12. The molecule has 0 radical (unpaired) electrons. The Morgan fingerprint density at radius 1 is 0.962 bits per heavy atom. The fourth-order valence-corrected chi connectivity index (χ4v) is 4.00. The van der Waals surface area contributed by atoms with Crippen LogP contribution in [0.5, 0.6) is 0 Å². The molecule has 0 fully saturated rings. The van der Waals surface area contributed by atoms with Crippen LogP contribution in [0, 0.1) is 22.7 Å². The molecule has 4 rings (SSSR count). The van der Waals surface area contributed by atoms with Gasteiger partial charge in [0.05, 0.1) is 40.6 Å². The predicted octanol–water partition coefficient (Wildman–Crippen LogP) is 4.45. The van der Waals surface area contributed by atoms with E-state index >= 15 is 0 Å². The summed E-state index contributed by atoms with van der Waals surface area (Å²) in [7, 11) is 0. The number of hydrogen-bond donors (Lipinski definition) is 2. The molecule has 0 saturated heterocycles. The van der Waals surface area contributed by atoms with Crippen LogP contribution in [-0.2, 0) is 0 Å². The highest BCUT2D eigenvalue weighted by atomic mass is 35.5. The number of nitrogens with zero attached hydrogens (tertiary/aromatic N) is 3. The maximum atomic E-state index is 9.90. The van der Waals surface area contributed by atoms with Crippen molar-refractivity contribution in [1.29, 1.82) is 10.5 Å². The van der Waals surface area contributed by atoms with Crippen LogP contribution in [0.1, 0.15) is 11.5 Å². The topological polar surface area (TPSA) is 88.9 Å². The van der Waals surface area contributed by atoms with Crippen molar-refractivity contribution < 1.29 is 0 Å². The number of nitrogens with one attached hydrogen (secondary N) is 1. The number of benzene rings is 2. The van der Waals surface area contributed by atoms with Crippen LogP contribution in [0.4, 0.5) is 11.4 Å². The number of para-hydroxylation sites is 2. The first kappa shape index (κ1) is 16.4.